The Labute approximate surface area is 106 Å². The lowest BCUT2D eigenvalue weighted by atomic mass is 9.88. The molecule has 0 radical (unpaired) electrons. The third-order valence-electron chi connectivity index (χ3n) is 2.48. The minimum absolute atomic E-state index is 0.0446. The lowest BCUT2D eigenvalue weighted by Crippen LogP contribution is -2.53. The van der Waals surface area contributed by atoms with Crippen LogP contribution in [-0.4, -0.2) is 24.9 Å². The first-order chi connectivity index (χ1) is 8.29. The number of hydrogen-bond donors (Lipinski definition) is 2. The summed E-state index contributed by atoms with van der Waals surface area (Å²) >= 11 is 0. The van der Waals surface area contributed by atoms with Gasteiger partial charge in [-0.05, 0) is 18.8 Å². The Kier molecular flexibility index (Phi) is 14.0. The van der Waals surface area contributed by atoms with Crippen LogP contribution in [0, 0.1) is 5.92 Å². The summed E-state index contributed by atoms with van der Waals surface area (Å²) in [6.45, 7) is 10.8. The molecule has 0 spiro atoms. The van der Waals surface area contributed by atoms with E-state index in [1.165, 1.54) is 0 Å². The van der Waals surface area contributed by atoms with Crippen molar-refractivity contribution < 1.29 is 9.59 Å². The van der Waals surface area contributed by atoms with E-state index in [1.54, 1.807) is 0 Å². The van der Waals surface area contributed by atoms with Gasteiger partial charge in [-0.15, -0.1) is 0 Å². The summed E-state index contributed by atoms with van der Waals surface area (Å²) in [6, 6.07) is -0.314. The van der Waals surface area contributed by atoms with Crippen LogP contribution in [0.2, 0.25) is 0 Å². The van der Waals surface area contributed by atoms with Gasteiger partial charge >= 0.3 is 0 Å². The first-order valence-electron chi connectivity index (χ1n) is 6.77. The number of carbonyl (C=O) groups is 2. The molecule has 2 atom stereocenters. The van der Waals surface area contributed by atoms with Gasteiger partial charge in [-0.25, -0.2) is 0 Å². The molecule has 0 aliphatic carbocycles. The van der Waals surface area contributed by atoms with Crippen molar-refractivity contribution in [2.45, 2.75) is 59.9 Å². The Morgan fingerprint density at radius 3 is 2.41 bits per heavy atom. The van der Waals surface area contributed by atoms with Crippen molar-refractivity contribution in [1.29, 1.82) is 0 Å². The van der Waals surface area contributed by atoms with Gasteiger partial charge in [0.15, 0.2) is 0 Å². The largest absolute Gasteiger partial charge is 0.354 e. The molecule has 1 fully saturated rings. The fourth-order valence-electron chi connectivity index (χ4n) is 1.84. The van der Waals surface area contributed by atoms with Crippen LogP contribution >= 0.6 is 0 Å². The van der Waals surface area contributed by atoms with Gasteiger partial charge in [0, 0.05) is 6.54 Å². The molecule has 1 aliphatic rings. The Hall–Kier alpha value is -1.06. The number of amides is 2. The third-order valence-corrected chi connectivity index (χ3v) is 2.48. The normalized spacial score (nSPS) is 22.1. The first-order valence-corrected chi connectivity index (χ1v) is 6.77. The van der Waals surface area contributed by atoms with E-state index in [0.29, 0.717) is 12.3 Å². The van der Waals surface area contributed by atoms with E-state index in [2.05, 4.69) is 17.6 Å². The van der Waals surface area contributed by atoms with Gasteiger partial charge in [0.2, 0.25) is 12.3 Å². The smallest absolute Gasteiger partial charge is 0.242 e. The second-order valence-electron chi connectivity index (χ2n) is 3.39. The van der Waals surface area contributed by atoms with E-state index >= 15 is 0 Å². The van der Waals surface area contributed by atoms with Crippen LogP contribution in [0.1, 0.15) is 53.9 Å². The predicted molar refractivity (Wildman–Crippen MR) is 71.7 cm³/mol. The first kappa shape index (κ1) is 18.3. The number of rotatable bonds is 4. The highest BCUT2D eigenvalue weighted by Crippen LogP contribution is 2.18. The molecule has 0 aromatic carbocycles. The van der Waals surface area contributed by atoms with Gasteiger partial charge in [-0.1, -0.05) is 41.0 Å². The van der Waals surface area contributed by atoms with Crippen LogP contribution in [0.25, 0.3) is 0 Å². The quantitative estimate of drug-likeness (QED) is 0.744. The van der Waals surface area contributed by atoms with Crippen LogP contribution < -0.4 is 10.6 Å². The van der Waals surface area contributed by atoms with Crippen molar-refractivity contribution in [2.75, 3.05) is 6.54 Å². The molecule has 0 bridgehead atoms. The number of nitrogens with one attached hydrogen (secondary N) is 2. The van der Waals surface area contributed by atoms with Crippen molar-refractivity contribution in [3.63, 3.8) is 0 Å². The van der Waals surface area contributed by atoms with Crippen molar-refractivity contribution in [1.82, 2.24) is 10.6 Å². The van der Waals surface area contributed by atoms with E-state index in [0.717, 1.165) is 25.8 Å². The van der Waals surface area contributed by atoms with Gasteiger partial charge in [0.05, 0.1) is 0 Å². The molecule has 4 nitrogen and oxygen atoms in total. The molecular weight excluding hydrogens is 216 g/mol. The minimum atomic E-state index is -0.314. The average Bonchev–Trinajstić information content (AvgIpc) is 2.39. The zero-order valence-corrected chi connectivity index (χ0v) is 11.9. The molecule has 4 heteroatoms. The Bertz CT molecular complexity index is 194. The van der Waals surface area contributed by atoms with Gasteiger partial charge in [0.1, 0.15) is 6.04 Å². The number of hydrogen-bond acceptors (Lipinski definition) is 2. The molecule has 0 saturated carbocycles. The van der Waals surface area contributed by atoms with Crippen LogP contribution in [0.5, 0.6) is 0 Å². The summed E-state index contributed by atoms with van der Waals surface area (Å²) in [5.74, 6) is 0.265. The SMILES string of the molecule is CC.CC.CCCC1CCNC(=O)C1NC=O. The maximum Gasteiger partial charge on any atom is 0.242 e. The van der Waals surface area contributed by atoms with Crippen LogP contribution in [0.15, 0.2) is 0 Å². The van der Waals surface area contributed by atoms with Crippen molar-refractivity contribution in [3.05, 3.63) is 0 Å². The molecular formula is C13H28N2O2. The monoisotopic (exact) mass is 244 g/mol. The maximum atomic E-state index is 11.3. The highest BCUT2D eigenvalue weighted by atomic mass is 16.2. The van der Waals surface area contributed by atoms with Crippen LogP contribution in [0.4, 0.5) is 0 Å². The van der Waals surface area contributed by atoms with Gasteiger partial charge in [-0.3, -0.25) is 9.59 Å². The minimum Gasteiger partial charge on any atom is -0.354 e. The maximum absolute atomic E-state index is 11.3. The summed E-state index contributed by atoms with van der Waals surface area (Å²) in [6.07, 6.45) is 3.62. The number of piperidine rings is 1. The highest BCUT2D eigenvalue weighted by molar-refractivity contribution is 5.84. The zero-order chi connectivity index (χ0) is 13.7. The Balaban J connectivity index is 0. The standard InChI is InChI=1S/C9H16N2O2.2C2H6/c1-2-3-7-4-5-10-9(13)8(7)11-6-12;2*1-2/h6-8H,2-5H2,1H3,(H,10,13)(H,11,12);2*1-2H3. The fraction of sp³-hybridized carbons (Fsp3) is 0.846. The van der Waals surface area contributed by atoms with E-state index in [-0.39, 0.29) is 11.9 Å². The predicted octanol–water partition coefficient (Wildman–Crippen LogP) is 2.09. The molecule has 102 valence electrons. The molecule has 1 rings (SSSR count). The molecule has 2 amide bonds. The second kappa shape index (κ2) is 13.0. The summed E-state index contributed by atoms with van der Waals surface area (Å²) < 4.78 is 0. The third kappa shape index (κ3) is 6.97. The molecule has 1 saturated heterocycles. The zero-order valence-electron chi connectivity index (χ0n) is 11.9. The lowest BCUT2D eigenvalue weighted by Gasteiger charge is -2.30. The Morgan fingerprint density at radius 2 is 1.94 bits per heavy atom. The fourth-order valence-corrected chi connectivity index (χ4v) is 1.84. The molecule has 0 aromatic heterocycles. The second-order valence-corrected chi connectivity index (χ2v) is 3.39. The summed E-state index contributed by atoms with van der Waals surface area (Å²) in [5.41, 5.74) is 0. The van der Waals surface area contributed by atoms with Crippen molar-refractivity contribution in [3.8, 4) is 0 Å². The van der Waals surface area contributed by atoms with E-state index in [9.17, 15) is 9.59 Å². The Morgan fingerprint density at radius 1 is 1.35 bits per heavy atom. The topological polar surface area (TPSA) is 58.2 Å². The molecule has 17 heavy (non-hydrogen) atoms. The van der Waals surface area contributed by atoms with Crippen molar-refractivity contribution >= 4 is 12.3 Å². The summed E-state index contributed by atoms with van der Waals surface area (Å²) in [4.78, 5) is 21.6. The van der Waals surface area contributed by atoms with Crippen molar-refractivity contribution in [2.24, 2.45) is 5.92 Å². The average molecular weight is 244 g/mol. The molecule has 0 aromatic rings. The number of carbonyl (C=O) groups excluding carboxylic acids is 2. The highest BCUT2D eigenvalue weighted by Gasteiger charge is 2.30. The van der Waals surface area contributed by atoms with Gasteiger partial charge < -0.3 is 10.6 Å². The van der Waals surface area contributed by atoms with E-state index < -0.39 is 0 Å². The van der Waals surface area contributed by atoms with E-state index in [4.69, 9.17) is 0 Å². The molecule has 1 heterocycles. The van der Waals surface area contributed by atoms with Gasteiger partial charge in [-0.2, -0.15) is 0 Å². The molecule has 2 unspecified atom stereocenters. The molecule has 2 N–H and O–H groups in total. The van der Waals surface area contributed by atoms with Crippen LogP contribution in [-0.2, 0) is 9.59 Å². The summed E-state index contributed by atoms with van der Waals surface area (Å²) in [5, 5.41) is 5.32. The van der Waals surface area contributed by atoms with Gasteiger partial charge in [0.25, 0.3) is 0 Å². The summed E-state index contributed by atoms with van der Waals surface area (Å²) in [7, 11) is 0. The van der Waals surface area contributed by atoms with E-state index in [1.807, 2.05) is 27.7 Å². The molecule has 1 aliphatic heterocycles. The van der Waals surface area contributed by atoms with Crippen LogP contribution in [0.3, 0.4) is 0 Å². The lowest BCUT2D eigenvalue weighted by molar-refractivity contribution is -0.128.